The van der Waals surface area contributed by atoms with E-state index in [-0.39, 0.29) is 0 Å². The first-order valence-electron chi connectivity index (χ1n) is 11.2. The van der Waals surface area contributed by atoms with Crippen LogP contribution in [0.25, 0.3) is 0 Å². The van der Waals surface area contributed by atoms with Crippen molar-refractivity contribution in [3.63, 3.8) is 0 Å². The van der Waals surface area contributed by atoms with Crippen LogP contribution in [0.3, 0.4) is 0 Å². The summed E-state index contributed by atoms with van der Waals surface area (Å²) in [5.74, 6) is 1.45. The molecular formula is C23H40N4O2. The van der Waals surface area contributed by atoms with Crippen LogP contribution in [0.4, 0.5) is 0 Å². The van der Waals surface area contributed by atoms with E-state index in [0.717, 1.165) is 78.0 Å². The molecule has 2 N–H and O–H groups in total. The van der Waals surface area contributed by atoms with Crippen LogP contribution < -0.4 is 10.6 Å². The molecule has 0 amide bonds. The number of nitrogens with one attached hydrogen (secondary N) is 2. The summed E-state index contributed by atoms with van der Waals surface area (Å²) in [5.41, 5.74) is 2.60. The van der Waals surface area contributed by atoms with Crippen molar-refractivity contribution in [3.05, 3.63) is 35.4 Å². The van der Waals surface area contributed by atoms with Crippen molar-refractivity contribution in [2.75, 3.05) is 52.6 Å². The number of aliphatic imine (C=N–C) groups is 1. The van der Waals surface area contributed by atoms with E-state index in [9.17, 15) is 0 Å². The van der Waals surface area contributed by atoms with E-state index < -0.39 is 0 Å². The highest BCUT2D eigenvalue weighted by molar-refractivity contribution is 5.79. The fraction of sp³-hybridized carbons (Fsp3) is 0.696. The Balaban J connectivity index is 1.73. The van der Waals surface area contributed by atoms with Crippen LogP contribution >= 0.6 is 0 Å². The molecule has 2 rings (SSSR count). The molecule has 1 aromatic rings. The molecule has 29 heavy (non-hydrogen) atoms. The largest absolute Gasteiger partial charge is 0.381 e. The second kappa shape index (κ2) is 14.4. The summed E-state index contributed by atoms with van der Waals surface area (Å²) >= 11 is 0. The molecule has 1 heterocycles. The Bertz CT molecular complexity index is 584. The molecule has 1 saturated heterocycles. The van der Waals surface area contributed by atoms with Crippen LogP contribution in [-0.2, 0) is 22.6 Å². The van der Waals surface area contributed by atoms with E-state index in [4.69, 9.17) is 14.5 Å². The molecule has 0 spiro atoms. The first-order chi connectivity index (χ1) is 14.2. The van der Waals surface area contributed by atoms with Crippen LogP contribution in [-0.4, -0.2) is 63.5 Å². The molecule has 0 saturated carbocycles. The predicted molar refractivity (Wildman–Crippen MR) is 120 cm³/mol. The SMILES string of the molecule is CCNC(=NCc1cccc(CN(CC)CC)c1)NCCCOCC1CCOC1. The second-order valence-electron chi connectivity index (χ2n) is 7.56. The van der Waals surface area contributed by atoms with Crippen LogP contribution in [0, 0.1) is 5.92 Å². The van der Waals surface area contributed by atoms with Gasteiger partial charge in [0.05, 0.1) is 19.8 Å². The fourth-order valence-corrected chi connectivity index (χ4v) is 3.39. The molecular weight excluding hydrogens is 364 g/mol. The van der Waals surface area contributed by atoms with Gasteiger partial charge in [-0.1, -0.05) is 38.1 Å². The predicted octanol–water partition coefficient (Wildman–Crippen LogP) is 3.03. The zero-order chi connectivity index (χ0) is 20.7. The zero-order valence-electron chi connectivity index (χ0n) is 18.6. The molecule has 0 bridgehead atoms. The van der Waals surface area contributed by atoms with E-state index >= 15 is 0 Å². The lowest BCUT2D eigenvalue weighted by atomic mass is 10.1. The lowest BCUT2D eigenvalue weighted by molar-refractivity contribution is 0.0888. The first kappa shape index (κ1) is 23.6. The lowest BCUT2D eigenvalue weighted by Crippen LogP contribution is -2.38. The topological polar surface area (TPSA) is 58.1 Å². The molecule has 6 heteroatoms. The van der Waals surface area contributed by atoms with Gasteiger partial charge in [-0.15, -0.1) is 0 Å². The third-order valence-electron chi connectivity index (χ3n) is 5.19. The van der Waals surface area contributed by atoms with Gasteiger partial charge < -0.3 is 20.1 Å². The highest BCUT2D eigenvalue weighted by Gasteiger charge is 2.15. The minimum absolute atomic E-state index is 0.583. The summed E-state index contributed by atoms with van der Waals surface area (Å²) in [4.78, 5) is 7.17. The van der Waals surface area contributed by atoms with Crippen molar-refractivity contribution in [2.45, 2.75) is 46.7 Å². The van der Waals surface area contributed by atoms with Crippen LogP contribution in [0.1, 0.15) is 44.7 Å². The van der Waals surface area contributed by atoms with Gasteiger partial charge in [0, 0.05) is 38.8 Å². The van der Waals surface area contributed by atoms with Crippen molar-refractivity contribution < 1.29 is 9.47 Å². The maximum absolute atomic E-state index is 5.77. The maximum atomic E-state index is 5.77. The van der Waals surface area contributed by atoms with Gasteiger partial charge in [-0.3, -0.25) is 4.90 Å². The molecule has 1 aliphatic rings. The zero-order valence-corrected chi connectivity index (χ0v) is 18.6. The molecule has 6 nitrogen and oxygen atoms in total. The summed E-state index contributed by atoms with van der Waals surface area (Å²) in [5, 5.41) is 6.74. The van der Waals surface area contributed by atoms with Gasteiger partial charge >= 0.3 is 0 Å². The minimum atomic E-state index is 0.583. The summed E-state index contributed by atoms with van der Waals surface area (Å²) in [6.45, 7) is 15.4. The number of hydrogen-bond acceptors (Lipinski definition) is 4. The molecule has 1 aliphatic heterocycles. The van der Waals surface area contributed by atoms with Gasteiger partial charge in [-0.05, 0) is 44.0 Å². The van der Waals surface area contributed by atoms with Gasteiger partial charge in [0.25, 0.3) is 0 Å². The van der Waals surface area contributed by atoms with E-state index in [1.807, 2.05) is 0 Å². The van der Waals surface area contributed by atoms with E-state index in [1.54, 1.807) is 0 Å². The number of ether oxygens (including phenoxy) is 2. The van der Waals surface area contributed by atoms with Gasteiger partial charge in [-0.25, -0.2) is 4.99 Å². The molecule has 1 fully saturated rings. The maximum Gasteiger partial charge on any atom is 0.191 e. The fourth-order valence-electron chi connectivity index (χ4n) is 3.39. The van der Waals surface area contributed by atoms with Crippen molar-refractivity contribution >= 4 is 5.96 Å². The molecule has 164 valence electrons. The summed E-state index contributed by atoms with van der Waals surface area (Å²) < 4.78 is 11.1. The second-order valence-corrected chi connectivity index (χ2v) is 7.56. The highest BCUT2D eigenvalue weighted by atomic mass is 16.5. The molecule has 0 radical (unpaired) electrons. The van der Waals surface area contributed by atoms with Gasteiger partial charge in [0.1, 0.15) is 0 Å². The van der Waals surface area contributed by atoms with Crippen LogP contribution in [0.2, 0.25) is 0 Å². The Morgan fingerprint density at radius 1 is 1.21 bits per heavy atom. The van der Waals surface area contributed by atoms with Gasteiger partial charge in [0.15, 0.2) is 5.96 Å². The minimum Gasteiger partial charge on any atom is -0.381 e. The van der Waals surface area contributed by atoms with E-state index in [1.165, 1.54) is 11.1 Å². The number of benzene rings is 1. The standard InChI is InChI=1S/C23H40N4O2/c1-4-24-23(25-12-8-13-28-18-22-11-14-29-19-22)26-16-20-9-7-10-21(15-20)17-27(5-2)6-3/h7,9-10,15,22H,4-6,8,11-14,16-19H2,1-3H3,(H2,24,25,26). The lowest BCUT2D eigenvalue weighted by Gasteiger charge is -2.18. The highest BCUT2D eigenvalue weighted by Crippen LogP contribution is 2.12. The average Bonchev–Trinajstić information content (AvgIpc) is 3.26. The van der Waals surface area contributed by atoms with E-state index in [2.05, 4.69) is 60.6 Å². The van der Waals surface area contributed by atoms with Crippen molar-refractivity contribution in [1.29, 1.82) is 0 Å². The molecule has 1 atom stereocenters. The number of rotatable bonds is 13. The Morgan fingerprint density at radius 2 is 2.03 bits per heavy atom. The molecule has 0 aliphatic carbocycles. The summed E-state index contributed by atoms with van der Waals surface area (Å²) in [7, 11) is 0. The summed E-state index contributed by atoms with van der Waals surface area (Å²) in [6.07, 6.45) is 2.10. The third kappa shape index (κ3) is 9.61. The number of guanidine groups is 1. The smallest absolute Gasteiger partial charge is 0.191 e. The number of hydrogen-bond donors (Lipinski definition) is 2. The Morgan fingerprint density at radius 3 is 2.76 bits per heavy atom. The normalized spacial score (nSPS) is 17.1. The Kier molecular flexibility index (Phi) is 11.7. The first-order valence-corrected chi connectivity index (χ1v) is 11.2. The quantitative estimate of drug-likeness (QED) is 0.301. The van der Waals surface area contributed by atoms with Crippen molar-refractivity contribution in [2.24, 2.45) is 10.9 Å². The van der Waals surface area contributed by atoms with Gasteiger partial charge in [-0.2, -0.15) is 0 Å². The van der Waals surface area contributed by atoms with Crippen molar-refractivity contribution in [1.82, 2.24) is 15.5 Å². The van der Waals surface area contributed by atoms with Crippen LogP contribution in [0.15, 0.2) is 29.3 Å². The summed E-state index contributed by atoms with van der Waals surface area (Å²) in [6, 6.07) is 8.76. The van der Waals surface area contributed by atoms with Crippen molar-refractivity contribution in [3.8, 4) is 0 Å². The Hall–Kier alpha value is -1.63. The molecule has 1 aromatic carbocycles. The van der Waals surface area contributed by atoms with E-state index in [0.29, 0.717) is 12.5 Å². The average molecular weight is 405 g/mol. The van der Waals surface area contributed by atoms with Gasteiger partial charge in [0.2, 0.25) is 0 Å². The number of nitrogens with zero attached hydrogens (tertiary/aromatic N) is 2. The Labute approximate surface area is 177 Å². The molecule has 0 aromatic heterocycles. The monoisotopic (exact) mass is 404 g/mol. The van der Waals surface area contributed by atoms with Crippen LogP contribution in [0.5, 0.6) is 0 Å². The molecule has 1 unspecified atom stereocenters. The third-order valence-corrected chi connectivity index (χ3v) is 5.19.